The van der Waals surface area contributed by atoms with Gasteiger partial charge in [0.1, 0.15) is 0 Å². The second-order valence-electron chi connectivity index (χ2n) is 4.42. The number of amides is 1. The van der Waals surface area contributed by atoms with Crippen molar-refractivity contribution in [2.75, 3.05) is 5.32 Å². The number of hydrogen-bond acceptors (Lipinski definition) is 3. The van der Waals surface area contributed by atoms with E-state index in [1.807, 2.05) is 13.0 Å². The molecule has 2 rings (SSSR count). The van der Waals surface area contributed by atoms with Crippen LogP contribution in [0.2, 0.25) is 0 Å². The van der Waals surface area contributed by atoms with E-state index in [2.05, 4.69) is 5.32 Å². The molecule has 1 aliphatic rings. The Morgan fingerprint density at radius 3 is 2.72 bits per heavy atom. The first-order chi connectivity index (χ1) is 8.52. The van der Waals surface area contributed by atoms with Crippen LogP contribution in [0.4, 0.5) is 5.69 Å². The van der Waals surface area contributed by atoms with Crippen LogP contribution in [0.5, 0.6) is 0 Å². The Morgan fingerprint density at radius 2 is 2.17 bits per heavy atom. The maximum Gasteiger partial charge on any atom is 0.307 e. The molecule has 0 aromatic heterocycles. The van der Waals surface area contributed by atoms with E-state index < -0.39 is 17.8 Å². The van der Waals surface area contributed by atoms with Gasteiger partial charge in [-0.05, 0) is 31.0 Å². The first-order valence-electron chi connectivity index (χ1n) is 5.57. The molecule has 0 spiro atoms. The zero-order valence-electron chi connectivity index (χ0n) is 9.80. The first kappa shape index (κ1) is 12.1. The molecule has 5 nitrogen and oxygen atoms in total. The van der Waals surface area contributed by atoms with Gasteiger partial charge in [0.05, 0.1) is 23.5 Å². The van der Waals surface area contributed by atoms with E-state index in [-0.39, 0.29) is 5.91 Å². The Balaban J connectivity index is 2.09. The highest BCUT2D eigenvalue weighted by molar-refractivity contribution is 5.98. The standard InChI is InChI=1S/C13H12N2O3/c1-7-2-3-8(6-14)4-11(7)15-12(16)9-5-10(9)13(17)18/h2-4,9-10H,5H2,1H3,(H,15,16)(H,17,18). The quantitative estimate of drug-likeness (QED) is 0.843. The van der Waals surface area contributed by atoms with Gasteiger partial charge in [0, 0.05) is 5.69 Å². The molecule has 1 aliphatic carbocycles. The van der Waals surface area contributed by atoms with Crippen LogP contribution in [0.25, 0.3) is 0 Å². The third-order valence-corrected chi connectivity index (χ3v) is 3.07. The molecule has 92 valence electrons. The summed E-state index contributed by atoms with van der Waals surface area (Å²) in [7, 11) is 0. The van der Waals surface area contributed by atoms with Gasteiger partial charge in [-0.25, -0.2) is 0 Å². The van der Waals surface area contributed by atoms with E-state index >= 15 is 0 Å². The topological polar surface area (TPSA) is 90.2 Å². The summed E-state index contributed by atoms with van der Waals surface area (Å²) in [5, 5.41) is 20.2. The molecule has 2 atom stereocenters. The van der Waals surface area contributed by atoms with Crippen LogP contribution in [0.3, 0.4) is 0 Å². The summed E-state index contributed by atoms with van der Waals surface area (Å²) in [6, 6.07) is 7.00. The van der Waals surface area contributed by atoms with Crippen LogP contribution in [0, 0.1) is 30.1 Å². The van der Waals surface area contributed by atoms with Crippen molar-refractivity contribution >= 4 is 17.6 Å². The number of aliphatic carboxylic acids is 1. The van der Waals surface area contributed by atoms with E-state index in [1.54, 1.807) is 18.2 Å². The lowest BCUT2D eigenvalue weighted by Gasteiger charge is -2.08. The molecule has 0 bridgehead atoms. The van der Waals surface area contributed by atoms with Gasteiger partial charge in [-0.1, -0.05) is 6.07 Å². The number of nitrogens with zero attached hydrogens (tertiary/aromatic N) is 1. The van der Waals surface area contributed by atoms with Crippen molar-refractivity contribution in [2.24, 2.45) is 11.8 Å². The Labute approximate surface area is 104 Å². The van der Waals surface area contributed by atoms with Crippen molar-refractivity contribution < 1.29 is 14.7 Å². The minimum absolute atomic E-state index is 0.291. The molecule has 0 radical (unpaired) electrons. The average Bonchev–Trinajstić information content (AvgIpc) is 3.12. The highest BCUT2D eigenvalue weighted by Gasteiger charge is 2.48. The third-order valence-electron chi connectivity index (χ3n) is 3.07. The number of hydrogen-bond donors (Lipinski definition) is 2. The van der Waals surface area contributed by atoms with Crippen LogP contribution in [0.15, 0.2) is 18.2 Å². The van der Waals surface area contributed by atoms with Gasteiger partial charge in [0.2, 0.25) is 5.91 Å². The van der Waals surface area contributed by atoms with Crippen LogP contribution in [0.1, 0.15) is 17.5 Å². The van der Waals surface area contributed by atoms with Gasteiger partial charge >= 0.3 is 5.97 Å². The Kier molecular flexibility index (Phi) is 3.02. The van der Waals surface area contributed by atoms with Gasteiger partial charge < -0.3 is 10.4 Å². The number of carboxylic acid groups (broad SMARTS) is 1. The highest BCUT2D eigenvalue weighted by atomic mass is 16.4. The van der Waals surface area contributed by atoms with Crippen molar-refractivity contribution in [1.82, 2.24) is 0 Å². The zero-order chi connectivity index (χ0) is 13.3. The number of carboxylic acids is 1. The molecule has 1 aromatic rings. The lowest BCUT2D eigenvalue weighted by Crippen LogP contribution is -2.17. The molecule has 0 saturated heterocycles. The lowest BCUT2D eigenvalue weighted by atomic mass is 10.1. The van der Waals surface area contributed by atoms with Crippen molar-refractivity contribution in [3.63, 3.8) is 0 Å². The van der Waals surface area contributed by atoms with E-state index in [0.29, 0.717) is 17.7 Å². The zero-order valence-corrected chi connectivity index (χ0v) is 9.80. The summed E-state index contributed by atoms with van der Waals surface area (Å²) in [4.78, 5) is 22.5. The number of carbonyl (C=O) groups is 2. The molecule has 2 N–H and O–H groups in total. The molecule has 1 amide bonds. The van der Waals surface area contributed by atoms with Gasteiger partial charge in [-0.15, -0.1) is 0 Å². The minimum Gasteiger partial charge on any atom is -0.481 e. The summed E-state index contributed by atoms with van der Waals surface area (Å²) >= 11 is 0. The summed E-state index contributed by atoms with van der Waals surface area (Å²) in [5.41, 5.74) is 1.87. The summed E-state index contributed by atoms with van der Waals surface area (Å²) < 4.78 is 0. The minimum atomic E-state index is -0.933. The second-order valence-corrected chi connectivity index (χ2v) is 4.42. The molecule has 2 unspecified atom stereocenters. The summed E-state index contributed by atoms with van der Waals surface area (Å²) in [6.45, 7) is 1.82. The molecule has 1 aromatic carbocycles. The number of anilines is 1. The van der Waals surface area contributed by atoms with E-state index in [4.69, 9.17) is 10.4 Å². The van der Waals surface area contributed by atoms with Gasteiger partial charge in [0.25, 0.3) is 0 Å². The second kappa shape index (κ2) is 4.49. The Morgan fingerprint density at radius 1 is 1.44 bits per heavy atom. The van der Waals surface area contributed by atoms with E-state index in [0.717, 1.165) is 5.56 Å². The molecular weight excluding hydrogens is 232 g/mol. The number of aryl methyl sites for hydroxylation is 1. The van der Waals surface area contributed by atoms with Crippen molar-refractivity contribution in [3.05, 3.63) is 29.3 Å². The predicted molar refractivity (Wildman–Crippen MR) is 63.8 cm³/mol. The smallest absolute Gasteiger partial charge is 0.307 e. The van der Waals surface area contributed by atoms with Crippen molar-refractivity contribution in [1.29, 1.82) is 5.26 Å². The van der Waals surface area contributed by atoms with Crippen LogP contribution < -0.4 is 5.32 Å². The van der Waals surface area contributed by atoms with Crippen LogP contribution in [-0.4, -0.2) is 17.0 Å². The fourth-order valence-electron chi connectivity index (χ4n) is 1.81. The average molecular weight is 244 g/mol. The summed E-state index contributed by atoms with van der Waals surface area (Å²) in [6.07, 6.45) is 0.387. The lowest BCUT2D eigenvalue weighted by molar-refractivity contribution is -0.139. The predicted octanol–water partition coefficient (Wildman–Crippen LogP) is 1.53. The fourth-order valence-corrected chi connectivity index (χ4v) is 1.81. The van der Waals surface area contributed by atoms with Crippen molar-refractivity contribution in [3.8, 4) is 6.07 Å². The molecule has 0 heterocycles. The van der Waals surface area contributed by atoms with Crippen LogP contribution in [-0.2, 0) is 9.59 Å². The third kappa shape index (κ3) is 2.33. The number of nitrogens with one attached hydrogen (secondary N) is 1. The number of carbonyl (C=O) groups excluding carboxylic acids is 1. The summed E-state index contributed by atoms with van der Waals surface area (Å²) in [5.74, 6) is -2.24. The van der Waals surface area contributed by atoms with Gasteiger partial charge in [-0.2, -0.15) is 5.26 Å². The molecular formula is C13H12N2O3. The fraction of sp³-hybridized carbons (Fsp3) is 0.308. The van der Waals surface area contributed by atoms with Gasteiger partial charge in [0.15, 0.2) is 0 Å². The molecule has 0 aliphatic heterocycles. The first-order valence-corrected chi connectivity index (χ1v) is 5.57. The Bertz CT molecular complexity index is 560. The monoisotopic (exact) mass is 244 g/mol. The molecule has 1 saturated carbocycles. The largest absolute Gasteiger partial charge is 0.481 e. The molecule has 18 heavy (non-hydrogen) atoms. The maximum atomic E-state index is 11.8. The normalized spacial score (nSPS) is 20.9. The van der Waals surface area contributed by atoms with Crippen molar-refractivity contribution in [2.45, 2.75) is 13.3 Å². The molecule has 5 heteroatoms. The van der Waals surface area contributed by atoms with Crippen LogP contribution >= 0.6 is 0 Å². The van der Waals surface area contributed by atoms with E-state index in [1.165, 1.54) is 0 Å². The SMILES string of the molecule is Cc1ccc(C#N)cc1NC(=O)C1CC1C(=O)O. The number of nitriles is 1. The van der Waals surface area contributed by atoms with Gasteiger partial charge in [-0.3, -0.25) is 9.59 Å². The van der Waals surface area contributed by atoms with E-state index in [9.17, 15) is 9.59 Å². The molecule has 1 fully saturated rings. The number of rotatable bonds is 3. The maximum absolute atomic E-state index is 11.8. The Hall–Kier alpha value is -2.35. The number of benzene rings is 1. The highest BCUT2D eigenvalue weighted by Crippen LogP contribution is 2.39.